The molecule has 3 N–H and O–H groups in total. The largest absolute Gasteiger partial charge is 0.397 e. The van der Waals surface area contributed by atoms with Crippen molar-refractivity contribution in [1.29, 1.82) is 0 Å². The van der Waals surface area contributed by atoms with Gasteiger partial charge in [-0.05, 0) is 80.8 Å². The zero-order valence-electron chi connectivity index (χ0n) is 12.4. The highest BCUT2D eigenvalue weighted by atomic mass is 15.0. The Labute approximate surface area is 121 Å². The first kappa shape index (κ1) is 12.5. The average molecular weight is 271 g/mol. The van der Waals surface area contributed by atoms with Gasteiger partial charge >= 0.3 is 0 Å². The lowest BCUT2D eigenvalue weighted by atomic mass is 9.49. The van der Waals surface area contributed by atoms with E-state index in [0.717, 1.165) is 41.5 Å². The highest BCUT2D eigenvalue weighted by Crippen LogP contribution is 2.59. The van der Waals surface area contributed by atoms with Crippen molar-refractivity contribution in [2.75, 3.05) is 17.6 Å². The van der Waals surface area contributed by atoms with E-state index in [1.807, 2.05) is 19.1 Å². The molecule has 1 aromatic heterocycles. The Balaban J connectivity index is 1.47. The number of nitrogens with two attached hydrogens (primary N) is 1. The molecular formula is C17H25N3. The van der Waals surface area contributed by atoms with Gasteiger partial charge in [0, 0.05) is 6.54 Å². The topological polar surface area (TPSA) is 50.9 Å². The van der Waals surface area contributed by atoms with Gasteiger partial charge in [-0.15, -0.1) is 0 Å². The molecule has 108 valence electrons. The van der Waals surface area contributed by atoms with Crippen LogP contribution in [-0.2, 0) is 0 Å². The predicted molar refractivity (Wildman–Crippen MR) is 82.5 cm³/mol. The Morgan fingerprint density at radius 1 is 1.15 bits per heavy atom. The van der Waals surface area contributed by atoms with Crippen LogP contribution in [0.1, 0.15) is 44.2 Å². The maximum Gasteiger partial charge on any atom is 0.126 e. The van der Waals surface area contributed by atoms with E-state index >= 15 is 0 Å². The molecule has 1 heterocycles. The summed E-state index contributed by atoms with van der Waals surface area (Å²) in [6.45, 7) is 3.08. The number of nitrogens with one attached hydrogen (secondary N) is 1. The Morgan fingerprint density at radius 3 is 2.30 bits per heavy atom. The van der Waals surface area contributed by atoms with E-state index in [1.54, 1.807) is 0 Å². The standard InChI is InChI=1S/C17H25N3/c1-11-15(18)2-3-16(20-11)19-10-17-7-12-4-13(8-17)6-14(5-12)9-17/h2-3,12-14H,4-10,18H2,1H3,(H,19,20). The second kappa shape index (κ2) is 4.37. The van der Waals surface area contributed by atoms with Gasteiger partial charge in [-0.1, -0.05) is 0 Å². The highest BCUT2D eigenvalue weighted by Gasteiger charge is 2.50. The van der Waals surface area contributed by atoms with E-state index in [-0.39, 0.29) is 0 Å². The molecule has 4 aliphatic carbocycles. The van der Waals surface area contributed by atoms with Gasteiger partial charge in [-0.2, -0.15) is 0 Å². The number of aromatic nitrogens is 1. The van der Waals surface area contributed by atoms with E-state index in [4.69, 9.17) is 5.73 Å². The Hall–Kier alpha value is -1.25. The molecule has 0 saturated heterocycles. The number of rotatable bonds is 3. The van der Waals surface area contributed by atoms with Crippen LogP contribution < -0.4 is 11.1 Å². The first-order chi connectivity index (χ1) is 9.62. The first-order valence-corrected chi connectivity index (χ1v) is 8.09. The van der Waals surface area contributed by atoms with Crippen molar-refractivity contribution in [3.8, 4) is 0 Å². The van der Waals surface area contributed by atoms with E-state index in [1.165, 1.54) is 38.5 Å². The summed E-state index contributed by atoms with van der Waals surface area (Å²) in [4.78, 5) is 4.55. The second-order valence-corrected chi connectivity index (χ2v) is 7.64. The third-order valence-electron chi connectivity index (χ3n) is 5.94. The van der Waals surface area contributed by atoms with Crippen LogP contribution >= 0.6 is 0 Å². The quantitative estimate of drug-likeness (QED) is 0.883. The molecule has 3 heteroatoms. The molecule has 4 saturated carbocycles. The zero-order valence-corrected chi connectivity index (χ0v) is 12.4. The molecule has 20 heavy (non-hydrogen) atoms. The number of hydrogen-bond donors (Lipinski definition) is 2. The SMILES string of the molecule is Cc1nc(NCC23CC4CC(CC(C4)C2)C3)ccc1N. The number of aryl methyl sites for hydroxylation is 1. The van der Waals surface area contributed by atoms with Crippen LogP contribution in [0.5, 0.6) is 0 Å². The molecule has 1 aromatic rings. The van der Waals surface area contributed by atoms with Crippen LogP contribution in [0.15, 0.2) is 12.1 Å². The Morgan fingerprint density at radius 2 is 1.75 bits per heavy atom. The molecule has 0 aliphatic heterocycles. The first-order valence-electron chi connectivity index (χ1n) is 8.09. The van der Waals surface area contributed by atoms with Gasteiger partial charge in [0.05, 0.1) is 11.4 Å². The zero-order chi connectivity index (χ0) is 13.7. The van der Waals surface area contributed by atoms with Gasteiger partial charge in [0.1, 0.15) is 5.82 Å². The second-order valence-electron chi connectivity index (χ2n) is 7.64. The number of anilines is 2. The third kappa shape index (κ3) is 2.07. The van der Waals surface area contributed by atoms with Crippen LogP contribution in [0, 0.1) is 30.1 Å². The van der Waals surface area contributed by atoms with Crippen molar-refractivity contribution in [2.45, 2.75) is 45.4 Å². The summed E-state index contributed by atoms with van der Waals surface area (Å²) in [6, 6.07) is 3.98. The van der Waals surface area contributed by atoms with Crippen molar-refractivity contribution in [1.82, 2.24) is 4.98 Å². The van der Waals surface area contributed by atoms with Gasteiger partial charge in [0.25, 0.3) is 0 Å². The molecule has 0 unspecified atom stereocenters. The average Bonchev–Trinajstić information content (AvgIpc) is 2.39. The van der Waals surface area contributed by atoms with Gasteiger partial charge in [0.15, 0.2) is 0 Å². The summed E-state index contributed by atoms with van der Waals surface area (Å²) >= 11 is 0. The summed E-state index contributed by atoms with van der Waals surface area (Å²) in [7, 11) is 0. The molecule has 0 atom stereocenters. The normalized spacial score (nSPS) is 38.1. The number of hydrogen-bond acceptors (Lipinski definition) is 3. The molecule has 0 spiro atoms. The summed E-state index contributed by atoms with van der Waals surface area (Å²) < 4.78 is 0. The lowest BCUT2D eigenvalue weighted by Gasteiger charge is -2.57. The number of pyridine rings is 1. The molecule has 0 radical (unpaired) electrons. The minimum absolute atomic E-state index is 0.561. The molecule has 4 aliphatic rings. The molecular weight excluding hydrogens is 246 g/mol. The predicted octanol–water partition coefficient (Wildman–Crippen LogP) is 3.60. The van der Waals surface area contributed by atoms with E-state index < -0.39 is 0 Å². The summed E-state index contributed by atoms with van der Waals surface area (Å²) in [5.74, 6) is 4.05. The fraction of sp³-hybridized carbons (Fsp3) is 0.706. The Bertz CT molecular complexity index is 488. The molecule has 4 bridgehead atoms. The van der Waals surface area contributed by atoms with Gasteiger partial charge in [-0.25, -0.2) is 4.98 Å². The molecule has 0 amide bonds. The van der Waals surface area contributed by atoms with E-state index in [0.29, 0.717) is 5.41 Å². The van der Waals surface area contributed by atoms with Crippen LogP contribution in [0.2, 0.25) is 0 Å². The van der Waals surface area contributed by atoms with Crippen molar-refractivity contribution in [3.63, 3.8) is 0 Å². The molecule has 3 nitrogen and oxygen atoms in total. The molecule has 0 aromatic carbocycles. The van der Waals surface area contributed by atoms with Gasteiger partial charge < -0.3 is 11.1 Å². The number of nitrogens with zero attached hydrogens (tertiary/aromatic N) is 1. The summed E-state index contributed by atoms with van der Waals surface area (Å²) in [5.41, 5.74) is 8.12. The minimum Gasteiger partial charge on any atom is -0.397 e. The number of nitrogen functional groups attached to an aromatic ring is 1. The van der Waals surface area contributed by atoms with Crippen LogP contribution in [0.4, 0.5) is 11.5 Å². The monoisotopic (exact) mass is 271 g/mol. The lowest BCUT2D eigenvalue weighted by molar-refractivity contribution is -0.0444. The fourth-order valence-electron chi connectivity index (χ4n) is 5.45. The highest BCUT2D eigenvalue weighted by molar-refractivity contribution is 5.49. The molecule has 4 fully saturated rings. The summed E-state index contributed by atoms with van der Waals surface area (Å²) in [6.07, 6.45) is 8.87. The Kier molecular flexibility index (Phi) is 2.73. The maximum atomic E-state index is 5.84. The van der Waals surface area contributed by atoms with Crippen LogP contribution in [0.25, 0.3) is 0 Å². The van der Waals surface area contributed by atoms with E-state index in [9.17, 15) is 0 Å². The van der Waals surface area contributed by atoms with Crippen LogP contribution in [0.3, 0.4) is 0 Å². The van der Waals surface area contributed by atoms with Crippen molar-refractivity contribution >= 4 is 11.5 Å². The smallest absolute Gasteiger partial charge is 0.126 e. The lowest BCUT2D eigenvalue weighted by Crippen LogP contribution is -2.49. The van der Waals surface area contributed by atoms with Crippen molar-refractivity contribution < 1.29 is 0 Å². The van der Waals surface area contributed by atoms with Gasteiger partial charge in [-0.3, -0.25) is 0 Å². The maximum absolute atomic E-state index is 5.84. The van der Waals surface area contributed by atoms with Crippen molar-refractivity contribution in [2.24, 2.45) is 23.2 Å². The van der Waals surface area contributed by atoms with Gasteiger partial charge in [0.2, 0.25) is 0 Å². The third-order valence-corrected chi connectivity index (χ3v) is 5.94. The van der Waals surface area contributed by atoms with Crippen molar-refractivity contribution in [3.05, 3.63) is 17.8 Å². The van der Waals surface area contributed by atoms with E-state index in [2.05, 4.69) is 10.3 Å². The minimum atomic E-state index is 0.561. The summed E-state index contributed by atoms with van der Waals surface area (Å²) in [5, 5.41) is 3.60. The molecule has 5 rings (SSSR count). The fourth-order valence-corrected chi connectivity index (χ4v) is 5.45. The van der Waals surface area contributed by atoms with Crippen LogP contribution in [-0.4, -0.2) is 11.5 Å².